The standard InChI is InChI=1S/C6H6O.CH6N2O2S/c7-6-4-2-1-3-5-6;1-6(4,5)3-2/h1-4H,5H2;3H,2H2,1H3. The lowest BCUT2D eigenvalue weighted by molar-refractivity contribution is -0.113. The van der Waals surface area contributed by atoms with Crippen LogP contribution in [0.5, 0.6) is 0 Å². The number of rotatable bonds is 1. The lowest BCUT2D eigenvalue weighted by Crippen LogP contribution is -2.28. The fourth-order valence-electron chi connectivity index (χ4n) is 0.494. The summed E-state index contributed by atoms with van der Waals surface area (Å²) >= 11 is 0. The Balaban J connectivity index is 0.000000226. The molecule has 0 aromatic carbocycles. The number of carbonyl (C=O) groups excluding carboxylic acids is 1. The number of hydrogen-bond acceptors (Lipinski definition) is 4. The Labute approximate surface area is 77.3 Å². The highest BCUT2D eigenvalue weighted by Gasteiger charge is 1.92. The molecule has 0 bridgehead atoms. The van der Waals surface area contributed by atoms with E-state index in [0.29, 0.717) is 6.42 Å². The molecule has 6 heteroatoms. The van der Waals surface area contributed by atoms with Crippen LogP contribution in [0.3, 0.4) is 0 Å². The van der Waals surface area contributed by atoms with Gasteiger partial charge in [-0.05, 0) is 6.08 Å². The molecule has 0 unspecified atom stereocenters. The molecule has 0 amide bonds. The van der Waals surface area contributed by atoms with Gasteiger partial charge in [-0.3, -0.25) is 10.6 Å². The maximum Gasteiger partial charge on any atom is 0.221 e. The zero-order valence-electron chi connectivity index (χ0n) is 7.23. The third kappa shape index (κ3) is 8.93. The van der Waals surface area contributed by atoms with E-state index in [9.17, 15) is 13.2 Å². The molecule has 1 aliphatic rings. The maximum atomic E-state index is 10.3. The summed E-state index contributed by atoms with van der Waals surface area (Å²) < 4.78 is 19.5. The first kappa shape index (κ1) is 12.0. The first-order valence-electron chi connectivity index (χ1n) is 3.49. The zero-order valence-corrected chi connectivity index (χ0v) is 8.04. The second-order valence-electron chi connectivity index (χ2n) is 2.35. The fraction of sp³-hybridized carbons (Fsp3) is 0.286. The van der Waals surface area contributed by atoms with E-state index >= 15 is 0 Å². The van der Waals surface area contributed by atoms with Crippen LogP contribution in [0.25, 0.3) is 0 Å². The van der Waals surface area contributed by atoms with Crippen molar-refractivity contribution in [2.45, 2.75) is 6.42 Å². The Morgan fingerprint density at radius 3 is 2.15 bits per heavy atom. The Bertz CT molecular complexity index is 317. The second kappa shape index (κ2) is 5.63. The minimum absolute atomic E-state index is 0.197. The number of carbonyl (C=O) groups is 1. The summed E-state index contributed by atoms with van der Waals surface area (Å²) in [5.41, 5.74) is 0. The average Bonchev–Trinajstić information content (AvgIpc) is 2.06. The molecule has 74 valence electrons. The van der Waals surface area contributed by atoms with Gasteiger partial charge < -0.3 is 0 Å². The Morgan fingerprint density at radius 2 is 2.00 bits per heavy atom. The van der Waals surface area contributed by atoms with Gasteiger partial charge in [0.1, 0.15) is 0 Å². The molecule has 0 saturated carbocycles. The van der Waals surface area contributed by atoms with E-state index in [1.54, 1.807) is 17.0 Å². The summed E-state index contributed by atoms with van der Waals surface area (Å²) in [6.07, 6.45) is 8.62. The third-order valence-electron chi connectivity index (χ3n) is 1.06. The summed E-state index contributed by atoms with van der Waals surface area (Å²) in [5, 5.41) is 0. The average molecular weight is 204 g/mol. The topological polar surface area (TPSA) is 89.3 Å². The van der Waals surface area contributed by atoms with Crippen LogP contribution in [0, 0.1) is 0 Å². The van der Waals surface area contributed by atoms with Gasteiger partial charge in [-0.1, -0.05) is 18.2 Å². The maximum absolute atomic E-state index is 10.3. The molecule has 0 aliphatic heterocycles. The highest BCUT2D eigenvalue weighted by atomic mass is 32.2. The van der Waals surface area contributed by atoms with E-state index in [4.69, 9.17) is 0 Å². The quantitative estimate of drug-likeness (QED) is 0.444. The Kier molecular flexibility index (Phi) is 5.20. The first-order chi connectivity index (χ1) is 5.95. The number of ketones is 1. The van der Waals surface area contributed by atoms with E-state index < -0.39 is 10.0 Å². The van der Waals surface area contributed by atoms with Gasteiger partial charge in [0.05, 0.1) is 6.26 Å². The molecule has 0 radical (unpaired) electrons. The van der Waals surface area contributed by atoms with Gasteiger partial charge in [0, 0.05) is 6.42 Å². The van der Waals surface area contributed by atoms with Gasteiger partial charge in [0.15, 0.2) is 5.78 Å². The van der Waals surface area contributed by atoms with Crippen molar-refractivity contribution < 1.29 is 13.2 Å². The van der Waals surface area contributed by atoms with Crippen LogP contribution in [0.15, 0.2) is 24.3 Å². The molecule has 1 aliphatic carbocycles. The van der Waals surface area contributed by atoms with Crippen molar-refractivity contribution in [3.8, 4) is 0 Å². The summed E-state index contributed by atoms with van der Waals surface area (Å²) in [5.74, 6) is 4.66. The molecule has 0 saturated heterocycles. The van der Waals surface area contributed by atoms with Crippen molar-refractivity contribution in [3.05, 3.63) is 24.3 Å². The van der Waals surface area contributed by atoms with E-state index in [1.807, 2.05) is 12.2 Å². The zero-order chi connectivity index (χ0) is 10.3. The predicted molar refractivity (Wildman–Crippen MR) is 50.1 cm³/mol. The van der Waals surface area contributed by atoms with Crippen LogP contribution in [0.1, 0.15) is 6.42 Å². The largest absolute Gasteiger partial charge is 0.295 e. The molecule has 0 aromatic rings. The highest BCUT2D eigenvalue weighted by molar-refractivity contribution is 7.88. The number of hydrogen-bond donors (Lipinski definition) is 2. The lowest BCUT2D eigenvalue weighted by Gasteiger charge is -1.88. The van der Waals surface area contributed by atoms with E-state index in [1.165, 1.54) is 0 Å². The molecular weight excluding hydrogens is 192 g/mol. The van der Waals surface area contributed by atoms with Gasteiger partial charge in [-0.25, -0.2) is 8.42 Å². The fourth-order valence-corrected chi connectivity index (χ4v) is 0.494. The summed E-state index contributed by atoms with van der Waals surface area (Å²) in [6.45, 7) is 0. The first-order valence-corrected chi connectivity index (χ1v) is 5.38. The molecule has 0 aromatic heterocycles. The highest BCUT2D eigenvalue weighted by Crippen LogP contribution is 1.94. The number of allylic oxidation sites excluding steroid dienone is 4. The van der Waals surface area contributed by atoms with Crippen molar-refractivity contribution in [3.63, 3.8) is 0 Å². The van der Waals surface area contributed by atoms with Crippen molar-refractivity contribution in [1.82, 2.24) is 4.83 Å². The Hall–Kier alpha value is -0.980. The molecule has 5 nitrogen and oxygen atoms in total. The predicted octanol–water partition coefficient (Wildman–Crippen LogP) is -0.519. The number of nitrogens with one attached hydrogen (secondary N) is 1. The van der Waals surface area contributed by atoms with Crippen LogP contribution >= 0.6 is 0 Å². The van der Waals surface area contributed by atoms with Crippen molar-refractivity contribution in [2.24, 2.45) is 5.84 Å². The summed E-state index contributed by atoms with van der Waals surface area (Å²) in [4.78, 5) is 11.9. The number of sulfonamides is 1. The minimum atomic E-state index is -3.13. The summed E-state index contributed by atoms with van der Waals surface area (Å²) in [6, 6.07) is 0. The second-order valence-corrected chi connectivity index (χ2v) is 4.13. The molecular formula is C7H12N2O3S. The smallest absolute Gasteiger partial charge is 0.221 e. The van der Waals surface area contributed by atoms with E-state index in [-0.39, 0.29) is 5.78 Å². The number of hydrazine groups is 1. The summed E-state index contributed by atoms with van der Waals surface area (Å²) in [7, 11) is -3.13. The Morgan fingerprint density at radius 1 is 1.46 bits per heavy atom. The van der Waals surface area contributed by atoms with Gasteiger partial charge in [-0.2, -0.15) is 4.83 Å². The van der Waals surface area contributed by atoms with Gasteiger partial charge in [0.2, 0.25) is 10.0 Å². The van der Waals surface area contributed by atoms with Crippen molar-refractivity contribution >= 4 is 15.8 Å². The monoisotopic (exact) mass is 204 g/mol. The van der Waals surface area contributed by atoms with Crippen LogP contribution < -0.4 is 10.7 Å². The van der Waals surface area contributed by atoms with Crippen molar-refractivity contribution in [2.75, 3.05) is 6.26 Å². The van der Waals surface area contributed by atoms with Gasteiger partial charge in [0.25, 0.3) is 0 Å². The minimum Gasteiger partial charge on any atom is -0.295 e. The van der Waals surface area contributed by atoms with Crippen LogP contribution in [-0.2, 0) is 14.8 Å². The van der Waals surface area contributed by atoms with E-state index in [0.717, 1.165) is 6.26 Å². The molecule has 1 rings (SSSR count). The van der Waals surface area contributed by atoms with Crippen LogP contribution in [0.4, 0.5) is 0 Å². The third-order valence-corrected chi connectivity index (χ3v) is 1.49. The molecule has 0 fully saturated rings. The molecule has 0 atom stereocenters. The molecule has 0 spiro atoms. The normalized spacial score (nSPS) is 15.1. The molecule has 13 heavy (non-hydrogen) atoms. The molecule has 0 heterocycles. The lowest BCUT2D eigenvalue weighted by atomic mass is 10.2. The molecule has 3 N–H and O–H groups in total. The SMILES string of the molecule is CS(=O)(=O)NN.O=C1C=CC=CC1. The van der Waals surface area contributed by atoms with Crippen LogP contribution in [-0.4, -0.2) is 20.5 Å². The van der Waals surface area contributed by atoms with Crippen LogP contribution in [0.2, 0.25) is 0 Å². The number of nitrogens with two attached hydrogens (primary N) is 1. The van der Waals surface area contributed by atoms with Gasteiger partial charge >= 0.3 is 0 Å². The van der Waals surface area contributed by atoms with E-state index in [2.05, 4.69) is 5.84 Å². The van der Waals surface area contributed by atoms with Crippen molar-refractivity contribution in [1.29, 1.82) is 0 Å². The van der Waals surface area contributed by atoms with Gasteiger partial charge in [-0.15, -0.1) is 0 Å².